The monoisotopic (exact) mass is 190 g/mol. The van der Waals surface area contributed by atoms with E-state index >= 15 is 0 Å². The van der Waals surface area contributed by atoms with Gasteiger partial charge in [0.15, 0.2) is 0 Å². The third-order valence-electron chi connectivity index (χ3n) is 3.22. The highest BCUT2D eigenvalue weighted by atomic mass is 16.2. The average molecular weight is 190 g/mol. The molecule has 0 heterocycles. The molecule has 0 saturated carbocycles. The lowest BCUT2D eigenvalue weighted by Gasteiger charge is -2.22. The van der Waals surface area contributed by atoms with Crippen molar-refractivity contribution in [2.45, 2.75) is 38.5 Å². The molecule has 1 aliphatic rings. The van der Waals surface area contributed by atoms with Gasteiger partial charge in [0.2, 0.25) is 0 Å². The van der Waals surface area contributed by atoms with Gasteiger partial charge >= 0.3 is 0 Å². The lowest BCUT2D eigenvalue weighted by molar-refractivity contribution is 0.299. The molecule has 0 amide bonds. The van der Waals surface area contributed by atoms with Gasteiger partial charge in [-0.15, -0.1) is 0 Å². The molecule has 2 rings (SSSR count). The fourth-order valence-corrected chi connectivity index (χ4v) is 2.37. The molecule has 0 bridgehead atoms. The molecule has 1 aromatic rings. The van der Waals surface area contributed by atoms with Crippen LogP contribution < -0.4 is 0 Å². The fraction of sp³-hybridized carbons (Fsp3) is 0.538. The molecule has 1 aromatic carbocycles. The van der Waals surface area contributed by atoms with E-state index in [-0.39, 0.29) is 6.61 Å². The van der Waals surface area contributed by atoms with Crippen LogP contribution in [0.4, 0.5) is 0 Å². The van der Waals surface area contributed by atoms with Crippen LogP contribution in [-0.2, 0) is 12.8 Å². The molecule has 0 aliphatic heterocycles. The summed E-state index contributed by atoms with van der Waals surface area (Å²) in [6, 6.07) is 6.69. The molecular formula is C13H18O. The van der Waals surface area contributed by atoms with E-state index in [9.17, 15) is 0 Å². The summed E-state index contributed by atoms with van der Waals surface area (Å²) >= 11 is 0. The third-order valence-corrected chi connectivity index (χ3v) is 3.22. The third kappa shape index (κ3) is 1.83. The van der Waals surface area contributed by atoms with Crippen molar-refractivity contribution in [1.82, 2.24) is 0 Å². The highest BCUT2D eigenvalue weighted by molar-refractivity contribution is 5.36. The van der Waals surface area contributed by atoms with E-state index in [1.54, 1.807) is 0 Å². The summed E-state index contributed by atoms with van der Waals surface area (Å²) in [5, 5.41) is 8.89. The zero-order valence-electron chi connectivity index (χ0n) is 8.79. The van der Waals surface area contributed by atoms with E-state index in [1.807, 2.05) is 0 Å². The van der Waals surface area contributed by atoms with Crippen LogP contribution in [0.25, 0.3) is 0 Å². The van der Waals surface area contributed by atoms with Crippen LogP contribution in [0.3, 0.4) is 0 Å². The maximum atomic E-state index is 8.89. The predicted octanol–water partition coefficient (Wildman–Crippen LogP) is 2.66. The van der Waals surface area contributed by atoms with Crippen LogP contribution in [-0.4, -0.2) is 11.7 Å². The van der Waals surface area contributed by atoms with Gasteiger partial charge in [-0.3, -0.25) is 0 Å². The lowest BCUT2D eigenvalue weighted by Crippen LogP contribution is -2.07. The first kappa shape index (κ1) is 9.72. The van der Waals surface area contributed by atoms with E-state index in [0.29, 0.717) is 5.92 Å². The van der Waals surface area contributed by atoms with Gasteiger partial charge < -0.3 is 5.11 Å². The zero-order valence-corrected chi connectivity index (χ0v) is 8.79. The van der Waals surface area contributed by atoms with Crippen molar-refractivity contribution in [2.75, 3.05) is 6.61 Å². The number of hydrogen-bond donors (Lipinski definition) is 1. The first-order valence-corrected chi connectivity index (χ1v) is 5.54. The molecule has 1 aliphatic carbocycles. The molecular weight excluding hydrogens is 172 g/mol. The summed E-state index contributed by atoms with van der Waals surface area (Å²) in [6.07, 6.45) is 4.67. The molecule has 0 spiro atoms. The second-order valence-corrected chi connectivity index (χ2v) is 4.30. The fourth-order valence-electron chi connectivity index (χ4n) is 2.37. The number of fused-ring (bicyclic) bond motifs is 1. The van der Waals surface area contributed by atoms with Crippen LogP contribution >= 0.6 is 0 Å². The van der Waals surface area contributed by atoms with Gasteiger partial charge in [0, 0.05) is 6.61 Å². The van der Waals surface area contributed by atoms with Gasteiger partial charge in [0.1, 0.15) is 0 Å². The Kier molecular flexibility index (Phi) is 2.87. The van der Waals surface area contributed by atoms with Crippen molar-refractivity contribution < 1.29 is 5.11 Å². The first-order chi connectivity index (χ1) is 6.81. The van der Waals surface area contributed by atoms with Crippen LogP contribution in [0.15, 0.2) is 18.2 Å². The molecule has 76 valence electrons. The van der Waals surface area contributed by atoms with E-state index in [1.165, 1.54) is 36.0 Å². The predicted molar refractivity (Wildman–Crippen MR) is 58.6 cm³/mol. The highest BCUT2D eigenvalue weighted by Crippen LogP contribution is 2.31. The number of aliphatic hydroxyl groups excluding tert-OH is 1. The van der Waals surface area contributed by atoms with Crippen LogP contribution in [0.2, 0.25) is 0 Å². The van der Waals surface area contributed by atoms with Crippen molar-refractivity contribution in [3.05, 3.63) is 34.9 Å². The molecule has 1 N–H and O–H groups in total. The van der Waals surface area contributed by atoms with Gasteiger partial charge in [-0.1, -0.05) is 25.1 Å². The maximum Gasteiger partial charge on any atom is 0.0471 e. The lowest BCUT2D eigenvalue weighted by atomic mass is 9.83. The van der Waals surface area contributed by atoms with E-state index < -0.39 is 0 Å². The molecule has 1 unspecified atom stereocenters. The quantitative estimate of drug-likeness (QED) is 0.760. The minimum atomic E-state index is 0.257. The Morgan fingerprint density at radius 3 is 3.07 bits per heavy atom. The Morgan fingerprint density at radius 2 is 2.29 bits per heavy atom. The number of rotatable bonds is 2. The minimum Gasteiger partial charge on any atom is -0.396 e. The maximum absolute atomic E-state index is 8.89. The Balaban J connectivity index is 2.31. The number of aryl methyl sites for hydroxylation is 1. The van der Waals surface area contributed by atoms with E-state index in [2.05, 4.69) is 25.1 Å². The Bertz CT molecular complexity index is 317. The molecule has 14 heavy (non-hydrogen) atoms. The van der Waals surface area contributed by atoms with Gasteiger partial charge in [-0.2, -0.15) is 0 Å². The average Bonchev–Trinajstić information content (AvgIpc) is 2.20. The molecule has 0 aromatic heterocycles. The summed E-state index contributed by atoms with van der Waals surface area (Å²) in [6.45, 7) is 2.56. The number of hydrogen-bond acceptors (Lipinski definition) is 1. The summed E-state index contributed by atoms with van der Waals surface area (Å²) in [5.41, 5.74) is 4.31. The van der Waals surface area contributed by atoms with Gasteiger partial charge in [0.05, 0.1) is 0 Å². The van der Waals surface area contributed by atoms with Crippen molar-refractivity contribution in [3.63, 3.8) is 0 Å². The second-order valence-electron chi connectivity index (χ2n) is 4.30. The van der Waals surface area contributed by atoms with Gasteiger partial charge in [-0.25, -0.2) is 0 Å². The molecule has 1 atom stereocenters. The summed E-state index contributed by atoms with van der Waals surface area (Å²) < 4.78 is 0. The first-order valence-electron chi connectivity index (χ1n) is 5.54. The summed E-state index contributed by atoms with van der Waals surface area (Å²) in [7, 11) is 0. The van der Waals surface area contributed by atoms with E-state index in [4.69, 9.17) is 5.11 Å². The Morgan fingerprint density at radius 1 is 1.43 bits per heavy atom. The minimum absolute atomic E-state index is 0.257. The molecule has 0 saturated heterocycles. The van der Waals surface area contributed by atoms with Gasteiger partial charge in [0.25, 0.3) is 0 Å². The molecule has 1 heteroatoms. The molecule has 0 fully saturated rings. The SMILES string of the molecule is CC1CCCc2ccc(CCO)cc21. The zero-order chi connectivity index (χ0) is 9.97. The Labute approximate surface area is 85.8 Å². The van der Waals surface area contributed by atoms with E-state index in [0.717, 1.165) is 6.42 Å². The van der Waals surface area contributed by atoms with Crippen LogP contribution in [0, 0.1) is 0 Å². The normalized spacial score (nSPS) is 20.6. The number of aliphatic hydroxyl groups is 1. The van der Waals surface area contributed by atoms with Crippen molar-refractivity contribution in [1.29, 1.82) is 0 Å². The van der Waals surface area contributed by atoms with Crippen molar-refractivity contribution >= 4 is 0 Å². The summed E-state index contributed by atoms with van der Waals surface area (Å²) in [5.74, 6) is 0.706. The van der Waals surface area contributed by atoms with Crippen LogP contribution in [0.1, 0.15) is 42.4 Å². The Hall–Kier alpha value is -0.820. The highest BCUT2D eigenvalue weighted by Gasteiger charge is 2.15. The van der Waals surface area contributed by atoms with Crippen LogP contribution in [0.5, 0.6) is 0 Å². The van der Waals surface area contributed by atoms with Crippen molar-refractivity contribution in [3.8, 4) is 0 Å². The van der Waals surface area contributed by atoms with Gasteiger partial charge in [-0.05, 0) is 48.3 Å². The summed E-state index contributed by atoms with van der Waals surface area (Å²) in [4.78, 5) is 0. The molecule has 0 radical (unpaired) electrons. The largest absolute Gasteiger partial charge is 0.396 e. The molecule has 1 nitrogen and oxygen atoms in total. The standard InChI is InChI=1S/C13H18O/c1-10-3-2-4-12-6-5-11(7-8-14)9-13(10)12/h5-6,9-10,14H,2-4,7-8H2,1H3. The topological polar surface area (TPSA) is 20.2 Å². The second kappa shape index (κ2) is 4.14. The van der Waals surface area contributed by atoms with Crippen molar-refractivity contribution in [2.24, 2.45) is 0 Å². The smallest absolute Gasteiger partial charge is 0.0471 e. The number of benzene rings is 1.